The van der Waals surface area contributed by atoms with Crippen molar-refractivity contribution in [3.63, 3.8) is 0 Å². The maximum absolute atomic E-state index is 12.5. The number of fused-ring (bicyclic) bond motifs is 3. The highest BCUT2D eigenvalue weighted by Crippen LogP contribution is 2.44. The van der Waals surface area contributed by atoms with Gasteiger partial charge in [0.25, 0.3) is 5.69 Å². The molecule has 1 N–H and O–H groups in total. The lowest BCUT2D eigenvalue weighted by Gasteiger charge is -2.43. The van der Waals surface area contributed by atoms with Gasteiger partial charge >= 0.3 is 5.97 Å². The van der Waals surface area contributed by atoms with Gasteiger partial charge in [0.15, 0.2) is 11.0 Å². The first kappa shape index (κ1) is 18.4. The summed E-state index contributed by atoms with van der Waals surface area (Å²) in [7, 11) is 0. The number of ether oxygens (including phenoxy) is 1. The van der Waals surface area contributed by atoms with Crippen LogP contribution in [0.25, 0.3) is 0 Å². The van der Waals surface area contributed by atoms with E-state index in [1.165, 1.54) is 24.3 Å². The van der Waals surface area contributed by atoms with Gasteiger partial charge < -0.3 is 15.0 Å². The molecule has 0 aliphatic carbocycles. The molecule has 4 rings (SSSR count). The summed E-state index contributed by atoms with van der Waals surface area (Å²) in [5, 5.41) is 22.3. The Labute approximate surface area is 165 Å². The molecular formula is C18H18ClN5O4. The minimum absolute atomic E-state index is 0.0693. The number of nitrogens with one attached hydrogen (secondary N) is 1. The number of nitrogens with zero attached hydrogens (tertiary/aromatic N) is 4. The van der Waals surface area contributed by atoms with E-state index in [1.54, 1.807) is 6.07 Å². The second kappa shape index (κ2) is 6.90. The minimum Gasteiger partial charge on any atom is -0.457 e. The summed E-state index contributed by atoms with van der Waals surface area (Å²) in [6.45, 7) is 3.28. The first-order valence-electron chi connectivity index (χ1n) is 8.92. The van der Waals surface area contributed by atoms with Gasteiger partial charge in [-0.3, -0.25) is 10.1 Å². The maximum Gasteiger partial charge on any atom is 0.338 e. The Hall–Kier alpha value is -2.94. The Bertz CT molecular complexity index is 938. The topological polar surface area (TPSA) is 110 Å². The summed E-state index contributed by atoms with van der Waals surface area (Å²) in [6.07, 6.45) is 1.20. The molecule has 0 spiro atoms. The van der Waals surface area contributed by atoms with Crippen LogP contribution in [0.1, 0.15) is 30.1 Å². The van der Waals surface area contributed by atoms with Crippen molar-refractivity contribution in [3.05, 3.63) is 51.2 Å². The Morgan fingerprint density at radius 1 is 1.43 bits per heavy atom. The lowest BCUT2D eigenvalue weighted by atomic mass is 9.90. The van der Waals surface area contributed by atoms with Crippen LogP contribution in [0.2, 0.25) is 5.15 Å². The van der Waals surface area contributed by atoms with Crippen LogP contribution in [-0.2, 0) is 4.74 Å². The molecule has 1 aromatic carbocycles. The van der Waals surface area contributed by atoms with Gasteiger partial charge in [0.05, 0.1) is 28.3 Å². The number of aromatic nitrogens is 2. The number of hydrogen-bond donors (Lipinski definition) is 1. The van der Waals surface area contributed by atoms with Gasteiger partial charge in [0.1, 0.15) is 6.10 Å². The third kappa shape index (κ3) is 3.11. The molecule has 0 unspecified atom stereocenters. The van der Waals surface area contributed by atoms with Gasteiger partial charge in [-0.05, 0) is 18.6 Å². The number of esters is 1. The molecule has 1 saturated heterocycles. The van der Waals surface area contributed by atoms with E-state index in [0.717, 1.165) is 12.1 Å². The van der Waals surface area contributed by atoms with E-state index in [1.807, 2.05) is 0 Å². The number of carbonyl (C=O) groups excluding carboxylic acids is 1. The zero-order valence-corrected chi connectivity index (χ0v) is 15.8. The summed E-state index contributed by atoms with van der Waals surface area (Å²) in [5.74, 6) is 0.167. The van der Waals surface area contributed by atoms with Crippen LogP contribution in [0.4, 0.5) is 17.2 Å². The normalized spacial score (nSPS) is 22.8. The lowest BCUT2D eigenvalue weighted by molar-refractivity contribution is -0.384. The van der Waals surface area contributed by atoms with E-state index in [4.69, 9.17) is 16.3 Å². The highest BCUT2D eigenvalue weighted by atomic mass is 35.5. The quantitative estimate of drug-likeness (QED) is 0.471. The molecule has 9 nitrogen and oxygen atoms in total. The SMILES string of the molecule is CC[C@]12CNc3nnc(Cl)cc3N1C[C@@H](OC(=O)c1ccc([N+](=O)[O-])cc1)C2. The Morgan fingerprint density at radius 3 is 2.86 bits per heavy atom. The molecule has 2 aromatic rings. The zero-order chi connectivity index (χ0) is 19.9. The molecule has 10 heteroatoms. The predicted octanol–water partition coefficient (Wildman–Crippen LogP) is 3.05. The van der Waals surface area contributed by atoms with E-state index in [9.17, 15) is 14.9 Å². The van der Waals surface area contributed by atoms with Crippen molar-refractivity contribution in [1.82, 2.24) is 10.2 Å². The molecular weight excluding hydrogens is 386 g/mol. The third-order valence-corrected chi connectivity index (χ3v) is 5.62. The fourth-order valence-electron chi connectivity index (χ4n) is 3.93. The smallest absolute Gasteiger partial charge is 0.338 e. The summed E-state index contributed by atoms with van der Waals surface area (Å²) < 4.78 is 5.71. The van der Waals surface area contributed by atoms with Crippen molar-refractivity contribution in [3.8, 4) is 0 Å². The van der Waals surface area contributed by atoms with Gasteiger partial charge in [-0.15, -0.1) is 10.2 Å². The molecule has 0 amide bonds. The number of anilines is 2. The van der Waals surface area contributed by atoms with E-state index < -0.39 is 10.9 Å². The number of hydrogen-bond acceptors (Lipinski definition) is 8. The third-order valence-electron chi connectivity index (χ3n) is 5.43. The number of rotatable bonds is 4. The molecule has 28 heavy (non-hydrogen) atoms. The van der Waals surface area contributed by atoms with Crippen LogP contribution in [0.3, 0.4) is 0 Å². The Balaban J connectivity index is 1.53. The molecule has 1 fully saturated rings. The second-order valence-electron chi connectivity index (χ2n) is 6.98. The molecule has 0 saturated carbocycles. The van der Waals surface area contributed by atoms with Gasteiger partial charge in [-0.25, -0.2) is 4.79 Å². The van der Waals surface area contributed by atoms with Gasteiger partial charge in [-0.1, -0.05) is 18.5 Å². The van der Waals surface area contributed by atoms with Crippen LogP contribution in [0, 0.1) is 10.1 Å². The molecule has 146 valence electrons. The van der Waals surface area contributed by atoms with Crippen molar-refractivity contribution in [1.29, 1.82) is 0 Å². The number of carbonyl (C=O) groups is 1. The molecule has 2 aliphatic heterocycles. The summed E-state index contributed by atoms with van der Waals surface area (Å²) in [4.78, 5) is 24.9. The fourth-order valence-corrected chi connectivity index (χ4v) is 4.08. The average molecular weight is 404 g/mol. The van der Waals surface area contributed by atoms with Crippen LogP contribution < -0.4 is 10.2 Å². The van der Waals surface area contributed by atoms with Crippen molar-refractivity contribution < 1.29 is 14.5 Å². The first-order chi connectivity index (χ1) is 13.4. The molecule has 2 atom stereocenters. The summed E-state index contributed by atoms with van der Waals surface area (Å²) in [6, 6.07) is 7.17. The number of benzene rings is 1. The summed E-state index contributed by atoms with van der Waals surface area (Å²) in [5.41, 5.74) is 0.857. The highest BCUT2D eigenvalue weighted by molar-refractivity contribution is 6.29. The number of nitro groups is 1. The second-order valence-corrected chi connectivity index (χ2v) is 7.37. The van der Waals surface area contributed by atoms with Gasteiger partial charge in [0, 0.05) is 31.2 Å². The molecule has 3 heterocycles. The fraction of sp³-hybridized carbons (Fsp3) is 0.389. The van der Waals surface area contributed by atoms with Crippen LogP contribution in [0.15, 0.2) is 30.3 Å². The zero-order valence-electron chi connectivity index (χ0n) is 15.1. The van der Waals surface area contributed by atoms with E-state index in [0.29, 0.717) is 30.5 Å². The van der Waals surface area contributed by atoms with Crippen molar-refractivity contribution in [2.75, 3.05) is 23.3 Å². The monoisotopic (exact) mass is 403 g/mol. The van der Waals surface area contributed by atoms with E-state index in [2.05, 4.69) is 27.3 Å². The van der Waals surface area contributed by atoms with Crippen LogP contribution in [0.5, 0.6) is 0 Å². The largest absolute Gasteiger partial charge is 0.457 e. The standard InChI is InChI=1S/C18H18ClN5O4/c1-2-18-8-13(28-17(25)11-3-5-12(6-4-11)24(26)27)9-23(18)14-7-15(19)21-22-16(14)20-10-18/h3-7,13H,2,8-10H2,1H3,(H,20,22)/t13-,18-/m0/s1. The van der Waals surface area contributed by atoms with Crippen molar-refractivity contribution >= 4 is 34.8 Å². The predicted molar refractivity (Wildman–Crippen MR) is 103 cm³/mol. The number of nitro benzene ring substituents is 1. The highest BCUT2D eigenvalue weighted by Gasteiger charge is 2.49. The Kier molecular flexibility index (Phi) is 4.54. The molecule has 0 radical (unpaired) electrons. The first-order valence-corrected chi connectivity index (χ1v) is 9.30. The maximum atomic E-state index is 12.5. The molecule has 2 aliphatic rings. The van der Waals surface area contributed by atoms with E-state index in [-0.39, 0.29) is 22.9 Å². The number of non-ortho nitro benzene ring substituents is 1. The summed E-state index contributed by atoms with van der Waals surface area (Å²) >= 11 is 6.03. The van der Waals surface area contributed by atoms with Crippen molar-refractivity contribution in [2.24, 2.45) is 0 Å². The minimum atomic E-state index is -0.506. The lowest BCUT2D eigenvalue weighted by Crippen LogP contribution is -2.52. The Morgan fingerprint density at radius 2 is 2.18 bits per heavy atom. The van der Waals surface area contributed by atoms with Crippen LogP contribution >= 0.6 is 11.6 Å². The van der Waals surface area contributed by atoms with Gasteiger partial charge in [-0.2, -0.15) is 0 Å². The molecule has 0 bridgehead atoms. The van der Waals surface area contributed by atoms with E-state index >= 15 is 0 Å². The van der Waals surface area contributed by atoms with Gasteiger partial charge in [0.2, 0.25) is 0 Å². The molecule has 1 aromatic heterocycles. The number of halogens is 1. The van der Waals surface area contributed by atoms with Crippen LogP contribution in [-0.4, -0.2) is 45.8 Å². The van der Waals surface area contributed by atoms with Crippen molar-refractivity contribution in [2.45, 2.75) is 31.4 Å². The average Bonchev–Trinajstić information content (AvgIpc) is 3.07.